The highest BCUT2D eigenvalue weighted by Crippen LogP contribution is 2.28. The Morgan fingerprint density at radius 3 is 3.00 bits per heavy atom. The van der Waals surface area contributed by atoms with Crippen molar-refractivity contribution in [2.75, 3.05) is 0 Å². The fraction of sp³-hybridized carbons (Fsp3) is 0.0909. The van der Waals surface area contributed by atoms with Gasteiger partial charge in [0.2, 0.25) is 0 Å². The number of fused-ring (bicyclic) bond motifs is 3. The van der Waals surface area contributed by atoms with Gasteiger partial charge in [0.15, 0.2) is 0 Å². The van der Waals surface area contributed by atoms with Crippen LogP contribution in [0.4, 0.5) is 0 Å². The van der Waals surface area contributed by atoms with Gasteiger partial charge in [-0.25, -0.2) is 0 Å². The lowest BCUT2D eigenvalue weighted by molar-refractivity contribution is 0.406. The first-order valence-electron chi connectivity index (χ1n) is 4.75. The maximum atomic E-state index is 11.8. The monoisotopic (exact) mass is 234 g/mol. The maximum absolute atomic E-state index is 11.8. The molecule has 0 unspecified atom stereocenters. The summed E-state index contributed by atoms with van der Waals surface area (Å²) in [6.07, 6.45) is 0. The molecule has 80 valence electrons. The molecule has 0 amide bonds. The van der Waals surface area contributed by atoms with Crippen LogP contribution in [0.2, 0.25) is 5.02 Å². The Morgan fingerprint density at radius 2 is 2.19 bits per heavy atom. The molecular formula is C11H7ClN2O2. The van der Waals surface area contributed by atoms with Gasteiger partial charge in [0.1, 0.15) is 16.7 Å². The molecule has 0 saturated heterocycles. The van der Waals surface area contributed by atoms with E-state index in [-0.39, 0.29) is 5.56 Å². The normalized spacial score (nSPS) is 11.4. The minimum absolute atomic E-state index is 0.205. The number of aryl methyl sites for hydroxylation is 1. The molecule has 0 aliphatic rings. The fourth-order valence-electron chi connectivity index (χ4n) is 1.86. The number of pyridine rings is 1. The van der Waals surface area contributed by atoms with Crippen molar-refractivity contribution in [3.05, 3.63) is 39.3 Å². The number of halogens is 1. The summed E-state index contributed by atoms with van der Waals surface area (Å²) in [5.74, 6) is 0.498. The van der Waals surface area contributed by atoms with Crippen LogP contribution < -0.4 is 5.56 Å². The van der Waals surface area contributed by atoms with Gasteiger partial charge in [-0.15, -0.1) is 0 Å². The summed E-state index contributed by atoms with van der Waals surface area (Å²) in [6, 6.07) is 5.32. The lowest BCUT2D eigenvalue weighted by atomic mass is 10.1. The third-order valence-corrected chi connectivity index (χ3v) is 2.90. The van der Waals surface area contributed by atoms with E-state index in [0.29, 0.717) is 27.2 Å². The number of nitrogens with zero attached hydrogens (tertiary/aromatic N) is 1. The van der Waals surface area contributed by atoms with E-state index < -0.39 is 0 Å². The second-order valence-corrected chi connectivity index (χ2v) is 3.99. The van der Waals surface area contributed by atoms with E-state index in [0.717, 1.165) is 5.39 Å². The largest absolute Gasteiger partial charge is 0.360 e. The number of H-pyrrole nitrogens is 1. The molecule has 0 aliphatic carbocycles. The molecule has 0 bridgehead atoms. The second kappa shape index (κ2) is 3.09. The number of hydrogen-bond acceptors (Lipinski definition) is 3. The second-order valence-electron chi connectivity index (χ2n) is 3.58. The van der Waals surface area contributed by atoms with Crippen molar-refractivity contribution in [2.45, 2.75) is 6.92 Å². The number of nitrogens with one attached hydrogen (secondary N) is 1. The first kappa shape index (κ1) is 9.42. The number of aromatic nitrogens is 2. The van der Waals surface area contributed by atoms with Crippen LogP contribution in [0.15, 0.2) is 27.5 Å². The summed E-state index contributed by atoms with van der Waals surface area (Å²) >= 11 is 6.09. The molecule has 3 aromatic rings. The zero-order chi connectivity index (χ0) is 11.3. The van der Waals surface area contributed by atoms with Crippen LogP contribution in [0.25, 0.3) is 21.8 Å². The molecular weight excluding hydrogens is 228 g/mol. The molecule has 1 N–H and O–H groups in total. The lowest BCUT2D eigenvalue weighted by Gasteiger charge is -1.99. The Kier molecular flexibility index (Phi) is 1.82. The van der Waals surface area contributed by atoms with Gasteiger partial charge >= 0.3 is 0 Å². The van der Waals surface area contributed by atoms with Crippen molar-refractivity contribution in [3.8, 4) is 0 Å². The summed E-state index contributed by atoms with van der Waals surface area (Å²) in [6.45, 7) is 1.70. The quantitative estimate of drug-likeness (QED) is 0.651. The van der Waals surface area contributed by atoms with E-state index >= 15 is 0 Å². The maximum Gasteiger partial charge on any atom is 0.261 e. The van der Waals surface area contributed by atoms with Crippen LogP contribution in [0.1, 0.15) is 5.76 Å². The van der Waals surface area contributed by atoms with Gasteiger partial charge in [-0.2, -0.15) is 0 Å². The average Bonchev–Trinajstić information content (AvgIpc) is 2.61. The molecule has 0 spiro atoms. The van der Waals surface area contributed by atoms with E-state index in [4.69, 9.17) is 16.1 Å². The average molecular weight is 235 g/mol. The van der Waals surface area contributed by atoms with E-state index in [9.17, 15) is 4.79 Å². The predicted molar refractivity (Wildman–Crippen MR) is 61.9 cm³/mol. The van der Waals surface area contributed by atoms with Gasteiger partial charge < -0.3 is 9.51 Å². The third kappa shape index (κ3) is 1.10. The summed E-state index contributed by atoms with van der Waals surface area (Å²) < 4.78 is 5.03. The van der Waals surface area contributed by atoms with Gasteiger partial charge in [0.05, 0.1) is 10.5 Å². The minimum atomic E-state index is -0.205. The molecule has 5 heteroatoms. The minimum Gasteiger partial charge on any atom is -0.360 e. The first-order valence-corrected chi connectivity index (χ1v) is 5.13. The summed E-state index contributed by atoms with van der Waals surface area (Å²) in [5, 5.41) is 5.61. The predicted octanol–water partition coefficient (Wildman–Crippen LogP) is 2.63. The highest BCUT2D eigenvalue weighted by molar-refractivity contribution is 6.37. The molecule has 0 radical (unpaired) electrons. The summed E-state index contributed by atoms with van der Waals surface area (Å²) in [7, 11) is 0. The Hall–Kier alpha value is -1.81. The summed E-state index contributed by atoms with van der Waals surface area (Å²) in [5.41, 5.74) is 0.976. The van der Waals surface area contributed by atoms with Crippen molar-refractivity contribution < 1.29 is 4.52 Å². The molecule has 4 nitrogen and oxygen atoms in total. The van der Waals surface area contributed by atoms with Crippen molar-refractivity contribution in [1.82, 2.24) is 10.1 Å². The van der Waals surface area contributed by atoms with Gasteiger partial charge in [0, 0.05) is 5.39 Å². The third-order valence-electron chi connectivity index (χ3n) is 2.59. The van der Waals surface area contributed by atoms with Crippen LogP contribution in [-0.2, 0) is 0 Å². The first-order chi connectivity index (χ1) is 7.68. The smallest absolute Gasteiger partial charge is 0.261 e. The standard InChI is InChI=1S/C11H7ClN2O2/c1-5-8-10(14-16-5)9-6(12)3-2-4-7(9)13-11(8)15/h2-4H,1H3,(H,13,15). The van der Waals surface area contributed by atoms with Crippen molar-refractivity contribution >= 4 is 33.4 Å². The highest BCUT2D eigenvalue weighted by Gasteiger charge is 2.14. The molecule has 2 aromatic heterocycles. The van der Waals surface area contributed by atoms with Crippen LogP contribution in [-0.4, -0.2) is 10.1 Å². The molecule has 1 aromatic carbocycles. The van der Waals surface area contributed by atoms with Crippen LogP contribution in [0.5, 0.6) is 0 Å². The van der Waals surface area contributed by atoms with Gasteiger partial charge in [-0.05, 0) is 19.1 Å². The molecule has 3 rings (SSSR count). The van der Waals surface area contributed by atoms with Crippen molar-refractivity contribution in [2.24, 2.45) is 0 Å². The highest BCUT2D eigenvalue weighted by atomic mass is 35.5. The SMILES string of the molecule is Cc1onc2c1c(=O)[nH]c1cccc(Cl)c12. The zero-order valence-corrected chi connectivity index (χ0v) is 9.13. The van der Waals surface area contributed by atoms with E-state index in [1.165, 1.54) is 0 Å². The van der Waals surface area contributed by atoms with Crippen LogP contribution in [0, 0.1) is 6.92 Å². The number of aromatic amines is 1. The Balaban J connectivity index is 2.73. The summed E-state index contributed by atoms with van der Waals surface area (Å²) in [4.78, 5) is 14.5. The Morgan fingerprint density at radius 1 is 1.38 bits per heavy atom. The van der Waals surface area contributed by atoms with Crippen LogP contribution in [0.3, 0.4) is 0 Å². The van der Waals surface area contributed by atoms with Crippen molar-refractivity contribution in [1.29, 1.82) is 0 Å². The topological polar surface area (TPSA) is 58.9 Å². The number of hydrogen-bond donors (Lipinski definition) is 1. The number of rotatable bonds is 0. The number of benzene rings is 1. The van der Waals surface area contributed by atoms with Crippen molar-refractivity contribution in [3.63, 3.8) is 0 Å². The molecule has 0 saturated carbocycles. The van der Waals surface area contributed by atoms with E-state index in [1.54, 1.807) is 25.1 Å². The molecule has 16 heavy (non-hydrogen) atoms. The van der Waals surface area contributed by atoms with Gasteiger partial charge in [-0.1, -0.05) is 22.8 Å². The molecule has 0 atom stereocenters. The van der Waals surface area contributed by atoms with Gasteiger partial charge in [0.25, 0.3) is 5.56 Å². The molecule has 0 fully saturated rings. The Labute approximate surface area is 94.8 Å². The fourth-order valence-corrected chi connectivity index (χ4v) is 2.13. The molecule has 2 heterocycles. The lowest BCUT2D eigenvalue weighted by Crippen LogP contribution is -2.06. The van der Waals surface area contributed by atoms with E-state index in [1.807, 2.05) is 0 Å². The van der Waals surface area contributed by atoms with E-state index in [2.05, 4.69) is 10.1 Å². The molecule has 0 aliphatic heterocycles. The zero-order valence-electron chi connectivity index (χ0n) is 8.37. The van der Waals surface area contributed by atoms with Gasteiger partial charge in [-0.3, -0.25) is 4.79 Å². The van der Waals surface area contributed by atoms with Crippen LogP contribution >= 0.6 is 11.6 Å². The Bertz CT molecular complexity index is 758.